The minimum absolute atomic E-state index is 0. The first-order valence-corrected chi connectivity index (χ1v) is 3.58. The molecule has 0 spiro atoms. The molecule has 1 heterocycles. The second-order valence-corrected chi connectivity index (χ2v) is 2.99. The monoisotopic (exact) mass is 210 g/mol. The molecule has 0 unspecified atom stereocenters. The van der Waals surface area contributed by atoms with E-state index in [0.29, 0.717) is 4.32 Å². The zero-order chi connectivity index (χ0) is 5.98. The summed E-state index contributed by atoms with van der Waals surface area (Å²) in [5.41, 5.74) is 0. The summed E-state index contributed by atoms with van der Waals surface area (Å²) in [4.78, 5) is 2.07. The van der Waals surface area contributed by atoms with Crippen molar-refractivity contribution in [1.82, 2.24) is 4.90 Å². The van der Waals surface area contributed by atoms with Crippen molar-refractivity contribution in [3.05, 3.63) is 0 Å². The summed E-state index contributed by atoms with van der Waals surface area (Å²) in [6.07, 6.45) is 2.52. The Morgan fingerprint density at radius 3 is 2.00 bits per heavy atom. The standard InChI is InChI=1S/C5H9NS2.Zn/c7-5(8)6-3-1-2-4-6;/h1-4H2,(H,7,8);/q;+2/p-1. The number of rotatable bonds is 0. The summed E-state index contributed by atoms with van der Waals surface area (Å²) in [7, 11) is 0. The third-order valence-corrected chi connectivity index (χ3v) is 1.88. The van der Waals surface area contributed by atoms with Gasteiger partial charge in [0, 0.05) is 13.1 Å². The van der Waals surface area contributed by atoms with Crippen LogP contribution in [-0.4, -0.2) is 22.3 Å². The van der Waals surface area contributed by atoms with Crippen LogP contribution in [-0.2, 0) is 32.1 Å². The van der Waals surface area contributed by atoms with Crippen LogP contribution in [0.4, 0.5) is 0 Å². The van der Waals surface area contributed by atoms with Crippen LogP contribution in [0.2, 0.25) is 0 Å². The molecule has 1 nitrogen and oxygen atoms in total. The van der Waals surface area contributed by atoms with Gasteiger partial charge in [0.15, 0.2) is 0 Å². The van der Waals surface area contributed by atoms with Crippen LogP contribution >= 0.6 is 12.2 Å². The average molecular weight is 212 g/mol. The van der Waals surface area contributed by atoms with Crippen molar-refractivity contribution >= 4 is 29.2 Å². The van der Waals surface area contributed by atoms with Gasteiger partial charge >= 0.3 is 19.5 Å². The van der Waals surface area contributed by atoms with E-state index >= 15 is 0 Å². The van der Waals surface area contributed by atoms with Gasteiger partial charge < -0.3 is 29.7 Å². The number of hydrogen-bond acceptors (Lipinski definition) is 2. The normalized spacial score (nSPS) is 17.1. The summed E-state index contributed by atoms with van der Waals surface area (Å²) in [5.74, 6) is 0. The summed E-state index contributed by atoms with van der Waals surface area (Å²) < 4.78 is 0.641. The molecule has 1 aliphatic heterocycles. The predicted octanol–water partition coefficient (Wildman–Crippen LogP) is 0.911. The first kappa shape index (κ1) is 9.73. The van der Waals surface area contributed by atoms with E-state index < -0.39 is 0 Å². The third-order valence-electron chi connectivity index (χ3n) is 1.36. The maximum Gasteiger partial charge on any atom is 2.00 e. The molecule has 1 saturated heterocycles. The van der Waals surface area contributed by atoms with Crippen molar-refractivity contribution < 1.29 is 19.5 Å². The van der Waals surface area contributed by atoms with Gasteiger partial charge in [-0.05, 0) is 12.8 Å². The molecule has 4 heteroatoms. The van der Waals surface area contributed by atoms with Crippen LogP contribution in [0.15, 0.2) is 0 Å². The van der Waals surface area contributed by atoms with E-state index in [9.17, 15) is 0 Å². The Morgan fingerprint density at radius 2 is 1.78 bits per heavy atom. The largest absolute Gasteiger partial charge is 2.00 e. The van der Waals surface area contributed by atoms with E-state index in [1.165, 1.54) is 12.8 Å². The molecule has 9 heavy (non-hydrogen) atoms. The van der Waals surface area contributed by atoms with E-state index in [1.54, 1.807) is 0 Å². The molecule has 0 bridgehead atoms. The summed E-state index contributed by atoms with van der Waals surface area (Å²) in [6, 6.07) is 0. The zero-order valence-corrected chi connectivity index (χ0v) is 9.90. The molecule has 1 aliphatic rings. The number of hydrogen-bond donors (Lipinski definition) is 0. The van der Waals surface area contributed by atoms with Gasteiger partial charge in [-0.25, -0.2) is 0 Å². The topological polar surface area (TPSA) is 3.24 Å². The van der Waals surface area contributed by atoms with Gasteiger partial charge in [-0.15, -0.1) is 0 Å². The fraction of sp³-hybridized carbons (Fsp3) is 0.800. The van der Waals surface area contributed by atoms with Gasteiger partial charge in [-0.3, -0.25) is 0 Å². The van der Waals surface area contributed by atoms with Crippen molar-refractivity contribution in [2.24, 2.45) is 0 Å². The molecule has 0 amide bonds. The maximum absolute atomic E-state index is 4.80. The second kappa shape index (κ2) is 4.53. The Bertz CT molecular complexity index is 101. The second-order valence-electron chi connectivity index (χ2n) is 1.96. The molecule has 46 valence electrons. The van der Waals surface area contributed by atoms with Gasteiger partial charge in [0.25, 0.3) is 0 Å². The Labute approximate surface area is 79.4 Å². The summed E-state index contributed by atoms with van der Waals surface area (Å²) in [6.45, 7) is 2.17. The number of likely N-dealkylation sites (tertiary alicyclic amines) is 1. The van der Waals surface area contributed by atoms with Crippen LogP contribution in [0.25, 0.3) is 0 Å². The minimum Gasteiger partial charge on any atom is -0.411 e. The SMILES string of the molecule is S=C([S-])N1CCCC1.[Zn+2]. The Hall–Kier alpha value is 0.733. The van der Waals surface area contributed by atoms with E-state index in [0.717, 1.165) is 13.1 Å². The van der Waals surface area contributed by atoms with Crippen LogP contribution in [0, 0.1) is 0 Å². The van der Waals surface area contributed by atoms with E-state index in [2.05, 4.69) is 4.90 Å². The van der Waals surface area contributed by atoms with Gasteiger partial charge in [0.05, 0.1) is 0 Å². The van der Waals surface area contributed by atoms with Crippen LogP contribution in [0.1, 0.15) is 12.8 Å². The smallest absolute Gasteiger partial charge is 0.411 e. The number of thiocarbonyl (C=S) groups is 1. The molecule has 1 fully saturated rings. The van der Waals surface area contributed by atoms with Gasteiger partial charge in [-0.1, -0.05) is 4.32 Å². The van der Waals surface area contributed by atoms with Crippen LogP contribution in [0.5, 0.6) is 0 Å². The van der Waals surface area contributed by atoms with E-state index in [4.69, 9.17) is 24.8 Å². The Kier molecular flexibility index (Phi) is 4.90. The van der Waals surface area contributed by atoms with Crippen LogP contribution < -0.4 is 0 Å². The van der Waals surface area contributed by atoms with E-state index in [1.807, 2.05) is 0 Å². The van der Waals surface area contributed by atoms with Crippen molar-refractivity contribution in [3.63, 3.8) is 0 Å². The molecule has 0 saturated carbocycles. The van der Waals surface area contributed by atoms with Gasteiger partial charge in [-0.2, -0.15) is 0 Å². The molecule has 0 aliphatic carbocycles. The Balaban J connectivity index is 0.000000640. The minimum atomic E-state index is 0. The van der Waals surface area contributed by atoms with Gasteiger partial charge in [0.2, 0.25) is 0 Å². The first-order chi connectivity index (χ1) is 3.80. The van der Waals surface area contributed by atoms with Crippen LogP contribution in [0.3, 0.4) is 0 Å². The molecule has 1 rings (SSSR count). The molecule has 0 aromatic rings. The van der Waals surface area contributed by atoms with Crippen molar-refractivity contribution in [2.45, 2.75) is 12.8 Å². The van der Waals surface area contributed by atoms with Gasteiger partial charge in [0.1, 0.15) is 0 Å². The molecular weight excluding hydrogens is 204 g/mol. The number of nitrogens with zero attached hydrogens (tertiary/aromatic N) is 1. The maximum atomic E-state index is 4.80. The van der Waals surface area contributed by atoms with Crippen molar-refractivity contribution in [3.8, 4) is 0 Å². The zero-order valence-electron chi connectivity index (χ0n) is 5.30. The summed E-state index contributed by atoms with van der Waals surface area (Å²) in [5, 5.41) is 0. The quantitative estimate of drug-likeness (QED) is 0.333. The average Bonchev–Trinajstić information content (AvgIpc) is 2.12. The van der Waals surface area contributed by atoms with Crippen molar-refractivity contribution in [2.75, 3.05) is 13.1 Å². The fourth-order valence-corrected chi connectivity index (χ4v) is 1.26. The van der Waals surface area contributed by atoms with Crippen molar-refractivity contribution in [1.29, 1.82) is 0 Å². The predicted molar refractivity (Wildman–Crippen MR) is 40.8 cm³/mol. The molecular formula is C5H8NS2Zn+. The fourth-order valence-electron chi connectivity index (χ4n) is 0.900. The molecule has 0 aromatic heterocycles. The Morgan fingerprint density at radius 1 is 1.33 bits per heavy atom. The molecule has 0 radical (unpaired) electrons. The molecule has 0 atom stereocenters. The first-order valence-electron chi connectivity index (χ1n) is 2.76. The summed E-state index contributed by atoms with van der Waals surface area (Å²) >= 11 is 9.59. The van der Waals surface area contributed by atoms with E-state index in [-0.39, 0.29) is 19.5 Å². The molecule has 0 N–H and O–H groups in total. The molecule has 0 aromatic carbocycles. The third kappa shape index (κ3) is 2.88.